The van der Waals surface area contributed by atoms with Crippen molar-refractivity contribution in [3.63, 3.8) is 0 Å². The summed E-state index contributed by atoms with van der Waals surface area (Å²) in [5, 5.41) is 5.54. The first-order valence-corrected chi connectivity index (χ1v) is 13.2. The summed E-state index contributed by atoms with van der Waals surface area (Å²) < 4.78 is 36.4. The number of anilines is 1. The molecule has 2 aliphatic heterocycles. The van der Waals surface area contributed by atoms with Crippen LogP contribution < -0.4 is 15.0 Å². The third kappa shape index (κ3) is 4.52. The molecule has 2 bridgehead atoms. The Bertz CT molecular complexity index is 1670. The first-order chi connectivity index (χ1) is 19.1. The molecule has 5 heterocycles. The fourth-order valence-corrected chi connectivity index (χ4v) is 5.74. The minimum atomic E-state index is -0.580. The first-order valence-electron chi connectivity index (χ1n) is 13.2. The highest BCUT2D eigenvalue weighted by Crippen LogP contribution is 2.36. The van der Waals surface area contributed by atoms with Crippen molar-refractivity contribution in [1.82, 2.24) is 25.3 Å². The third-order valence-corrected chi connectivity index (χ3v) is 7.60. The Morgan fingerprint density at radius 1 is 0.949 bits per heavy atom. The summed E-state index contributed by atoms with van der Waals surface area (Å²) in [6.07, 6.45) is 7.97. The van der Waals surface area contributed by atoms with Crippen molar-refractivity contribution in [2.75, 3.05) is 24.6 Å². The number of hydrogen-bond acceptors (Lipinski definition) is 7. The van der Waals surface area contributed by atoms with Crippen LogP contribution in [0.1, 0.15) is 18.4 Å². The molecule has 7 rings (SSSR count). The molecule has 9 heteroatoms. The summed E-state index contributed by atoms with van der Waals surface area (Å²) in [4.78, 5) is 20.1. The molecule has 0 saturated carbocycles. The van der Waals surface area contributed by atoms with Crippen molar-refractivity contribution in [2.45, 2.75) is 31.3 Å². The molecule has 2 fully saturated rings. The van der Waals surface area contributed by atoms with Crippen LogP contribution in [-0.2, 0) is 6.42 Å². The lowest BCUT2D eigenvalue weighted by Gasteiger charge is -2.34. The zero-order chi connectivity index (χ0) is 26.3. The number of nitrogens with one attached hydrogen (secondary N) is 1. The number of pyridine rings is 2. The van der Waals surface area contributed by atoms with Gasteiger partial charge in [0.05, 0.1) is 12.0 Å². The summed E-state index contributed by atoms with van der Waals surface area (Å²) in [6, 6.07) is 14.6. The van der Waals surface area contributed by atoms with E-state index in [1.165, 1.54) is 12.1 Å². The van der Waals surface area contributed by atoms with Crippen LogP contribution in [0.3, 0.4) is 0 Å². The molecule has 2 saturated heterocycles. The van der Waals surface area contributed by atoms with Gasteiger partial charge in [-0.3, -0.25) is 9.97 Å². The highest BCUT2D eigenvalue weighted by Gasteiger charge is 2.34. The molecule has 1 N–H and O–H groups in total. The standard InChI is InChI=1S/C30H26F2N6O/c31-20-7-6-19-4-1-5-23(24(19)13-20)27-26(32)28-25(15-34-27)29(38-16-21-8-9-22(17-38)35-21)37-30(36-28)39-12-10-18-3-2-11-33-14-18/h1-7,11,13-15,21-22,35H,8-10,12,16-17H2. The molecule has 2 atom stereocenters. The van der Waals surface area contributed by atoms with Gasteiger partial charge >= 0.3 is 6.01 Å². The first kappa shape index (κ1) is 23.8. The fourth-order valence-electron chi connectivity index (χ4n) is 5.74. The fraction of sp³-hybridized carbons (Fsp3) is 0.267. The number of nitrogens with zero attached hydrogens (tertiary/aromatic N) is 5. The maximum Gasteiger partial charge on any atom is 0.319 e. The van der Waals surface area contributed by atoms with E-state index in [4.69, 9.17) is 9.72 Å². The van der Waals surface area contributed by atoms with Crippen molar-refractivity contribution < 1.29 is 13.5 Å². The molecule has 7 nitrogen and oxygen atoms in total. The van der Waals surface area contributed by atoms with Gasteiger partial charge in [-0.15, -0.1) is 0 Å². The molecule has 0 radical (unpaired) electrons. The van der Waals surface area contributed by atoms with E-state index in [1.54, 1.807) is 30.7 Å². The molecule has 2 unspecified atom stereocenters. The summed E-state index contributed by atoms with van der Waals surface area (Å²) in [7, 11) is 0. The van der Waals surface area contributed by atoms with Gasteiger partial charge in [-0.05, 0) is 47.4 Å². The van der Waals surface area contributed by atoms with Gasteiger partial charge in [-0.2, -0.15) is 9.97 Å². The van der Waals surface area contributed by atoms with E-state index >= 15 is 4.39 Å². The maximum atomic E-state index is 16.3. The Morgan fingerprint density at radius 2 is 1.82 bits per heavy atom. The van der Waals surface area contributed by atoms with Gasteiger partial charge in [0.2, 0.25) is 0 Å². The van der Waals surface area contributed by atoms with Crippen molar-refractivity contribution in [1.29, 1.82) is 0 Å². The SMILES string of the molecule is Fc1ccc2cccc(-c3ncc4c(N5CC6CCC(C5)N6)nc(OCCc5cccnc5)nc4c3F)c2c1. The van der Waals surface area contributed by atoms with Crippen molar-refractivity contribution in [2.24, 2.45) is 0 Å². The van der Waals surface area contributed by atoms with Crippen LogP contribution >= 0.6 is 0 Å². The van der Waals surface area contributed by atoms with Gasteiger partial charge in [0.25, 0.3) is 0 Å². The summed E-state index contributed by atoms with van der Waals surface area (Å²) in [6.45, 7) is 1.86. The van der Waals surface area contributed by atoms with Gasteiger partial charge in [-0.1, -0.05) is 30.3 Å². The number of ether oxygens (including phenoxy) is 1. The van der Waals surface area contributed by atoms with Crippen LogP contribution in [0.2, 0.25) is 0 Å². The van der Waals surface area contributed by atoms with E-state index in [0.717, 1.165) is 36.9 Å². The predicted molar refractivity (Wildman–Crippen MR) is 146 cm³/mol. The molecule has 0 spiro atoms. The van der Waals surface area contributed by atoms with Crippen LogP contribution in [0.5, 0.6) is 6.01 Å². The van der Waals surface area contributed by atoms with Gasteiger partial charge in [0, 0.05) is 55.7 Å². The molecule has 2 aromatic carbocycles. The highest BCUT2D eigenvalue weighted by atomic mass is 19.1. The lowest BCUT2D eigenvalue weighted by molar-refractivity contribution is 0.297. The zero-order valence-electron chi connectivity index (χ0n) is 21.1. The van der Waals surface area contributed by atoms with Crippen molar-refractivity contribution in [3.8, 4) is 17.3 Å². The van der Waals surface area contributed by atoms with Crippen molar-refractivity contribution in [3.05, 3.63) is 84.3 Å². The number of aromatic nitrogens is 4. The maximum absolute atomic E-state index is 16.3. The van der Waals surface area contributed by atoms with Crippen LogP contribution in [0, 0.1) is 11.6 Å². The Balaban J connectivity index is 1.32. The second kappa shape index (κ2) is 9.81. The normalized spacial score (nSPS) is 18.7. The van der Waals surface area contributed by atoms with E-state index in [0.29, 0.717) is 47.3 Å². The number of hydrogen-bond donors (Lipinski definition) is 1. The summed E-state index contributed by atoms with van der Waals surface area (Å²) >= 11 is 0. The van der Waals surface area contributed by atoms with Gasteiger partial charge in [-0.25, -0.2) is 8.78 Å². The molecular formula is C30H26F2N6O. The Kier molecular flexibility index (Phi) is 6.00. The number of fused-ring (bicyclic) bond motifs is 4. The van der Waals surface area contributed by atoms with Crippen LogP contribution in [0.25, 0.3) is 32.9 Å². The average Bonchev–Trinajstić information content (AvgIpc) is 3.30. The average molecular weight is 525 g/mol. The van der Waals surface area contributed by atoms with E-state index < -0.39 is 11.6 Å². The van der Waals surface area contributed by atoms with Crippen LogP contribution in [0.15, 0.2) is 67.1 Å². The second-order valence-electron chi connectivity index (χ2n) is 10.2. The minimum absolute atomic E-state index is 0.116. The Hall–Kier alpha value is -4.24. The monoisotopic (exact) mass is 524 g/mol. The molecule has 39 heavy (non-hydrogen) atoms. The zero-order valence-corrected chi connectivity index (χ0v) is 21.1. The third-order valence-electron chi connectivity index (χ3n) is 7.60. The molecule has 2 aliphatic rings. The van der Waals surface area contributed by atoms with Crippen LogP contribution in [0.4, 0.5) is 14.6 Å². The van der Waals surface area contributed by atoms with E-state index in [9.17, 15) is 4.39 Å². The molecular weight excluding hydrogens is 498 g/mol. The molecule has 0 aliphatic carbocycles. The Labute approximate surface area is 223 Å². The van der Waals surface area contributed by atoms with Gasteiger partial charge < -0.3 is 15.0 Å². The molecule has 5 aromatic rings. The summed E-state index contributed by atoms with van der Waals surface area (Å²) in [5.41, 5.74) is 1.79. The number of halogens is 2. The molecule has 3 aromatic heterocycles. The lowest BCUT2D eigenvalue weighted by atomic mass is 10.0. The lowest BCUT2D eigenvalue weighted by Crippen LogP contribution is -2.51. The van der Waals surface area contributed by atoms with E-state index in [1.807, 2.05) is 24.3 Å². The quantitative estimate of drug-likeness (QED) is 0.332. The number of piperazine rings is 1. The van der Waals surface area contributed by atoms with Crippen molar-refractivity contribution >= 4 is 27.5 Å². The van der Waals surface area contributed by atoms with E-state index in [2.05, 4.69) is 25.2 Å². The Morgan fingerprint density at radius 3 is 2.64 bits per heavy atom. The smallest absolute Gasteiger partial charge is 0.319 e. The second-order valence-corrected chi connectivity index (χ2v) is 10.2. The summed E-state index contributed by atoms with van der Waals surface area (Å²) in [5.74, 6) is -0.349. The largest absolute Gasteiger partial charge is 0.463 e. The number of benzene rings is 2. The molecule has 196 valence electrons. The van der Waals surface area contributed by atoms with Gasteiger partial charge in [0.1, 0.15) is 22.8 Å². The van der Waals surface area contributed by atoms with E-state index in [-0.39, 0.29) is 17.2 Å². The number of rotatable bonds is 6. The van der Waals surface area contributed by atoms with Gasteiger partial charge in [0.15, 0.2) is 5.82 Å². The predicted octanol–water partition coefficient (Wildman–Crippen LogP) is 5.08. The topological polar surface area (TPSA) is 76.1 Å². The highest BCUT2D eigenvalue weighted by molar-refractivity contribution is 5.99. The molecule has 0 amide bonds. The minimum Gasteiger partial charge on any atom is -0.463 e. The van der Waals surface area contributed by atoms with Crippen LogP contribution in [-0.4, -0.2) is 51.7 Å².